The predicted octanol–water partition coefficient (Wildman–Crippen LogP) is 4.06. The quantitative estimate of drug-likeness (QED) is 0.900. The third-order valence-electron chi connectivity index (χ3n) is 3.87. The van der Waals surface area contributed by atoms with E-state index in [1.54, 1.807) is 6.07 Å². The van der Waals surface area contributed by atoms with E-state index in [0.29, 0.717) is 12.8 Å². The average molecular weight is 351 g/mol. The van der Waals surface area contributed by atoms with E-state index in [9.17, 15) is 9.50 Å². The van der Waals surface area contributed by atoms with Crippen LogP contribution in [0.4, 0.5) is 4.39 Å². The van der Waals surface area contributed by atoms with Crippen LogP contribution in [-0.2, 0) is 6.42 Å². The summed E-state index contributed by atoms with van der Waals surface area (Å²) in [5, 5.41) is 9.64. The van der Waals surface area contributed by atoms with Gasteiger partial charge in [-0.3, -0.25) is 0 Å². The first-order valence-electron chi connectivity index (χ1n) is 6.97. The largest absolute Gasteiger partial charge is 0.490 e. The van der Waals surface area contributed by atoms with Crippen molar-refractivity contribution in [3.05, 3.63) is 63.9 Å². The lowest BCUT2D eigenvalue weighted by Crippen LogP contribution is -2.19. The van der Waals surface area contributed by atoms with Gasteiger partial charge in [-0.25, -0.2) is 4.39 Å². The van der Waals surface area contributed by atoms with Crippen molar-refractivity contribution in [2.75, 3.05) is 6.61 Å². The summed E-state index contributed by atoms with van der Waals surface area (Å²) in [6.45, 7) is 0.0756. The van der Waals surface area contributed by atoms with E-state index in [1.807, 2.05) is 24.3 Å². The van der Waals surface area contributed by atoms with Crippen LogP contribution < -0.4 is 4.74 Å². The molecule has 1 aliphatic heterocycles. The second-order valence-electron chi connectivity index (χ2n) is 5.36. The van der Waals surface area contributed by atoms with Crippen LogP contribution in [0.3, 0.4) is 0 Å². The molecular weight excluding hydrogens is 335 g/mol. The van der Waals surface area contributed by atoms with Gasteiger partial charge in [0.25, 0.3) is 0 Å². The highest BCUT2D eigenvalue weighted by Gasteiger charge is 2.26. The van der Waals surface area contributed by atoms with Crippen LogP contribution in [0.1, 0.15) is 23.5 Å². The second-order valence-corrected chi connectivity index (χ2v) is 6.28. The Hall–Kier alpha value is -1.39. The Morgan fingerprint density at radius 2 is 2.00 bits per heavy atom. The van der Waals surface area contributed by atoms with Crippen LogP contribution in [0.25, 0.3) is 0 Å². The highest BCUT2D eigenvalue weighted by Crippen LogP contribution is 2.34. The van der Waals surface area contributed by atoms with E-state index in [-0.39, 0.29) is 24.4 Å². The minimum absolute atomic E-state index is 0.0115. The number of ether oxygens (including phenoxy) is 1. The number of aliphatic hydroxyl groups excluding tert-OH is 1. The van der Waals surface area contributed by atoms with Gasteiger partial charge in [-0.05, 0) is 42.3 Å². The Kier molecular flexibility index (Phi) is 4.27. The second kappa shape index (κ2) is 6.16. The number of fused-ring (bicyclic) bond motifs is 1. The fourth-order valence-electron chi connectivity index (χ4n) is 2.79. The van der Waals surface area contributed by atoms with E-state index >= 15 is 0 Å². The maximum absolute atomic E-state index is 13.2. The molecule has 0 fully saturated rings. The lowest BCUT2D eigenvalue weighted by atomic mass is 9.92. The Bertz CT molecular complexity index is 627. The molecule has 4 heteroatoms. The van der Waals surface area contributed by atoms with E-state index in [4.69, 9.17) is 4.74 Å². The SMILES string of the molecule is OCC(CC1Cc2cc(F)ccc2O1)c1ccc(Br)cc1. The summed E-state index contributed by atoms with van der Waals surface area (Å²) < 4.78 is 20.1. The molecule has 0 saturated heterocycles. The molecule has 1 aliphatic rings. The maximum Gasteiger partial charge on any atom is 0.123 e. The summed E-state index contributed by atoms with van der Waals surface area (Å²) in [6, 6.07) is 12.6. The smallest absolute Gasteiger partial charge is 0.123 e. The molecule has 0 bridgehead atoms. The van der Waals surface area contributed by atoms with Gasteiger partial charge in [0.05, 0.1) is 6.61 Å². The van der Waals surface area contributed by atoms with Crippen LogP contribution in [0.15, 0.2) is 46.9 Å². The zero-order valence-corrected chi connectivity index (χ0v) is 13.0. The Balaban J connectivity index is 1.70. The third kappa shape index (κ3) is 3.27. The molecule has 21 heavy (non-hydrogen) atoms. The van der Waals surface area contributed by atoms with E-state index in [0.717, 1.165) is 21.3 Å². The molecule has 2 unspecified atom stereocenters. The molecule has 2 aromatic rings. The Morgan fingerprint density at radius 3 is 2.71 bits per heavy atom. The molecule has 0 spiro atoms. The van der Waals surface area contributed by atoms with Crippen LogP contribution in [-0.4, -0.2) is 17.8 Å². The number of hydrogen-bond acceptors (Lipinski definition) is 2. The van der Waals surface area contributed by atoms with Gasteiger partial charge >= 0.3 is 0 Å². The fourth-order valence-corrected chi connectivity index (χ4v) is 3.05. The summed E-state index contributed by atoms with van der Waals surface area (Å²) in [5.41, 5.74) is 2.00. The average Bonchev–Trinajstić information content (AvgIpc) is 2.87. The summed E-state index contributed by atoms with van der Waals surface area (Å²) in [5.74, 6) is 0.556. The van der Waals surface area contributed by atoms with Crippen molar-refractivity contribution in [3.63, 3.8) is 0 Å². The molecule has 1 heterocycles. The normalized spacial score (nSPS) is 18.1. The number of hydrogen-bond donors (Lipinski definition) is 1. The number of aliphatic hydroxyl groups is 1. The van der Waals surface area contributed by atoms with Gasteiger partial charge in [-0.1, -0.05) is 28.1 Å². The highest BCUT2D eigenvalue weighted by molar-refractivity contribution is 9.10. The first-order valence-corrected chi connectivity index (χ1v) is 7.76. The van der Waals surface area contributed by atoms with Gasteiger partial charge in [-0.15, -0.1) is 0 Å². The van der Waals surface area contributed by atoms with Gasteiger partial charge in [0.1, 0.15) is 17.7 Å². The Morgan fingerprint density at radius 1 is 1.24 bits per heavy atom. The number of benzene rings is 2. The Labute approximate surface area is 131 Å². The highest BCUT2D eigenvalue weighted by atomic mass is 79.9. The molecule has 2 nitrogen and oxygen atoms in total. The van der Waals surface area contributed by atoms with Crippen molar-refractivity contribution in [1.29, 1.82) is 0 Å². The molecule has 2 aromatic carbocycles. The van der Waals surface area contributed by atoms with Gasteiger partial charge in [0, 0.05) is 22.4 Å². The standard InChI is InChI=1S/C17H16BrFO2/c18-14-3-1-11(2-4-14)13(10-20)9-16-8-12-7-15(19)5-6-17(12)21-16/h1-7,13,16,20H,8-10H2. The summed E-state index contributed by atoms with van der Waals surface area (Å²) in [6.07, 6.45) is 1.40. The lowest BCUT2D eigenvalue weighted by molar-refractivity contribution is 0.179. The molecule has 3 rings (SSSR count). The van der Waals surface area contributed by atoms with Crippen molar-refractivity contribution < 1.29 is 14.2 Å². The van der Waals surface area contributed by atoms with Crippen molar-refractivity contribution in [3.8, 4) is 5.75 Å². The molecule has 0 amide bonds. The van der Waals surface area contributed by atoms with Gasteiger partial charge in [0.15, 0.2) is 0 Å². The van der Waals surface area contributed by atoms with E-state index in [1.165, 1.54) is 12.1 Å². The molecule has 0 aliphatic carbocycles. The van der Waals surface area contributed by atoms with Gasteiger partial charge in [0.2, 0.25) is 0 Å². The molecule has 1 N–H and O–H groups in total. The van der Waals surface area contributed by atoms with Crippen LogP contribution in [0, 0.1) is 5.82 Å². The summed E-state index contributed by atoms with van der Waals surface area (Å²) in [7, 11) is 0. The first-order chi connectivity index (χ1) is 10.2. The first kappa shape index (κ1) is 14.5. The van der Waals surface area contributed by atoms with Crippen molar-refractivity contribution in [2.24, 2.45) is 0 Å². The van der Waals surface area contributed by atoms with Crippen LogP contribution in [0.5, 0.6) is 5.75 Å². The van der Waals surface area contributed by atoms with E-state index in [2.05, 4.69) is 15.9 Å². The molecule has 110 valence electrons. The number of rotatable bonds is 4. The predicted molar refractivity (Wildman–Crippen MR) is 83.1 cm³/mol. The summed E-state index contributed by atoms with van der Waals surface area (Å²) in [4.78, 5) is 0. The maximum atomic E-state index is 13.2. The van der Waals surface area contributed by atoms with Crippen LogP contribution >= 0.6 is 15.9 Å². The molecule has 0 aromatic heterocycles. The lowest BCUT2D eigenvalue weighted by Gasteiger charge is -2.19. The van der Waals surface area contributed by atoms with Crippen molar-refractivity contribution in [2.45, 2.75) is 24.9 Å². The van der Waals surface area contributed by atoms with Crippen molar-refractivity contribution in [1.82, 2.24) is 0 Å². The zero-order chi connectivity index (χ0) is 14.8. The minimum atomic E-state index is -0.232. The third-order valence-corrected chi connectivity index (χ3v) is 4.40. The van der Waals surface area contributed by atoms with Gasteiger partial charge < -0.3 is 9.84 Å². The minimum Gasteiger partial charge on any atom is -0.490 e. The molecule has 0 saturated carbocycles. The summed E-state index contributed by atoms with van der Waals surface area (Å²) >= 11 is 3.41. The van der Waals surface area contributed by atoms with Gasteiger partial charge in [-0.2, -0.15) is 0 Å². The van der Waals surface area contributed by atoms with E-state index < -0.39 is 0 Å². The monoisotopic (exact) mass is 350 g/mol. The number of halogens is 2. The fraction of sp³-hybridized carbons (Fsp3) is 0.294. The molecule has 0 radical (unpaired) electrons. The molecular formula is C17H16BrFO2. The van der Waals surface area contributed by atoms with Crippen LogP contribution in [0.2, 0.25) is 0 Å². The zero-order valence-electron chi connectivity index (χ0n) is 11.4. The molecule has 2 atom stereocenters. The topological polar surface area (TPSA) is 29.5 Å². The van der Waals surface area contributed by atoms with Crippen molar-refractivity contribution >= 4 is 15.9 Å².